The number of para-hydroxylation sites is 1. The number of pyridine rings is 1. The number of amides is 1. The van der Waals surface area contributed by atoms with Crippen molar-refractivity contribution in [3.63, 3.8) is 0 Å². The van der Waals surface area contributed by atoms with Gasteiger partial charge in [0.15, 0.2) is 6.10 Å². The lowest BCUT2D eigenvalue weighted by atomic mass is 9.99. The van der Waals surface area contributed by atoms with Gasteiger partial charge in [-0.15, -0.1) is 0 Å². The highest BCUT2D eigenvalue weighted by Gasteiger charge is 2.39. The van der Waals surface area contributed by atoms with Crippen LogP contribution in [-0.4, -0.2) is 70.4 Å². The summed E-state index contributed by atoms with van der Waals surface area (Å²) < 4.78 is 40.4. The third-order valence-corrected chi connectivity index (χ3v) is 7.99. The number of alkyl halides is 3. The fraction of sp³-hybridized carbons (Fsp3) is 0.333. The largest absolute Gasteiger partial charge is 0.415 e. The molecule has 43 heavy (non-hydrogen) atoms. The standard InChI is InChI=1S/C33H35F3N4O3/c1-2-27(23-11-5-3-6-12-23)37-31(42)30-25-15-9-10-16-26(25)32(43)40(24-13-7-4-8-14-24)28(30)21-38-17-19-39(20-18-38)22-29(41)33(34,35)36/h3-16,27,29,41H,2,17-22H2,1H3,(H,37,42)/t27?,29-/m0/s1. The van der Waals surface area contributed by atoms with Crippen LogP contribution in [0.1, 0.15) is 41.0 Å². The summed E-state index contributed by atoms with van der Waals surface area (Å²) in [6.07, 6.45) is -6.42. The SMILES string of the molecule is CCC(NC(=O)c1c(CN2CCN(C[C@H](O)C(F)(F)F)CC2)n(-c2ccccc2)c(=O)c2ccccc12)c1ccccc1. The van der Waals surface area contributed by atoms with Crippen LogP contribution in [0.4, 0.5) is 13.2 Å². The topological polar surface area (TPSA) is 77.8 Å². The van der Waals surface area contributed by atoms with Crippen molar-refractivity contribution in [1.82, 2.24) is 19.7 Å². The fourth-order valence-corrected chi connectivity index (χ4v) is 5.68. The molecule has 0 bridgehead atoms. The average molecular weight is 593 g/mol. The number of rotatable bonds is 9. The third kappa shape index (κ3) is 6.82. The lowest BCUT2D eigenvalue weighted by Gasteiger charge is -2.36. The van der Waals surface area contributed by atoms with Gasteiger partial charge in [0.25, 0.3) is 11.5 Å². The minimum Gasteiger partial charge on any atom is -0.382 e. The Morgan fingerprint density at radius 3 is 2.02 bits per heavy atom. The Morgan fingerprint density at radius 1 is 0.860 bits per heavy atom. The van der Waals surface area contributed by atoms with Gasteiger partial charge >= 0.3 is 6.18 Å². The molecule has 0 saturated carbocycles. The molecule has 2 heterocycles. The Morgan fingerprint density at radius 2 is 1.42 bits per heavy atom. The molecule has 3 aromatic carbocycles. The zero-order chi connectivity index (χ0) is 30.6. The molecule has 4 aromatic rings. The van der Waals surface area contributed by atoms with Gasteiger partial charge in [-0.25, -0.2) is 0 Å². The van der Waals surface area contributed by atoms with Crippen molar-refractivity contribution < 1.29 is 23.1 Å². The Labute approximate surface area is 248 Å². The highest BCUT2D eigenvalue weighted by Crippen LogP contribution is 2.27. The van der Waals surface area contributed by atoms with Gasteiger partial charge in [0.05, 0.1) is 17.3 Å². The van der Waals surface area contributed by atoms with Crippen LogP contribution in [0.15, 0.2) is 89.7 Å². The summed E-state index contributed by atoms with van der Waals surface area (Å²) in [5, 5.41) is 13.7. The number of benzene rings is 3. The van der Waals surface area contributed by atoms with Crippen molar-refractivity contribution in [3.05, 3.63) is 112 Å². The number of fused-ring (bicyclic) bond motifs is 1. The van der Waals surface area contributed by atoms with E-state index < -0.39 is 18.8 Å². The first-order chi connectivity index (χ1) is 20.7. The van der Waals surface area contributed by atoms with Crippen LogP contribution in [0, 0.1) is 0 Å². The monoisotopic (exact) mass is 592 g/mol. The molecule has 0 aliphatic carbocycles. The summed E-state index contributed by atoms with van der Waals surface area (Å²) >= 11 is 0. The predicted molar refractivity (Wildman–Crippen MR) is 160 cm³/mol. The second-order valence-electron chi connectivity index (χ2n) is 10.8. The van der Waals surface area contributed by atoms with Gasteiger partial charge in [-0.1, -0.05) is 73.7 Å². The van der Waals surface area contributed by atoms with E-state index in [0.29, 0.717) is 60.3 Å². The molecule has 7 nitrogen and oxygen atoms in total. The van der Waals surface area contributed by atoms with Crippen LogP contribution >= 0.6 is 0 Å². The van der Waals surface area contributed by atoms with E-state index in [1.165, 1.54) is 0 Å². The fourth-order valence-electron chi connectivity index (χ4n) is 5.68. The van der Waals surface area contributed by atoms with Crippen LogP contribution in [0.5, 0.6) is 0 Å². The summed E-state index contributed by atoms with van der Waals surface area (Å²) in [6.45, 7) is 3.17. The molecule has 0 radical (unpaired) electrons. The van der Waals surface area contributed by atoms with E-state index >= 15 is 0 Å². The van der Waals surface area contributed by atoms with Crippen molar-refractivity contribution in [2.24, 2.45) is 0 Å². The molecule has 1 fully saturated rings. The second kappa shape index (κ2) is 13.1. The zero-order valence-electron chi connectivity index (χ0n) is 23.9. The third-order valence-electron chi connectivity index (χ3n) is 7.99. The van der Waals surface area contributed by atoms with Gasteiger partial charge in [-0.2, -0.15) is 13.2 Å². The maximum absolute atomic E-state index is 14.2. The molecule has 1 unspecified atom stereocenters. The molecule has 1 aliphatic heterocycles. The minimum atomic E-state index is -4.67. The maximum Gasteiger partial charge on any atom is 0.415 e. The van der Waals surface area contributed by atoms with Crippen LogP contribution < -0.4 is 10.9 Å². The van der Waals surface area contributed by atoms with Crippen molar-refractivity contribution in [2.45, 2.75) is 38.2 Å². The van der Waals surface area contributed by atoms with E-state index in [-0.39, 0.29) is 24.1 Å². The van der Waals surface area contributed by atoms with E-state index in [2.05, 4.69) is 5.32 Å². The first-order valence-electron chi connectivity index (χ1n) is 14.4. The number of nitrogens with zero attached hydrogens (tertiary/aromatic N) is 3. The predicted octanol–water partition coefficient (Wildman–Crippen LogP) is 4.91. The first-order valence-corrected chi connectivity index (χ1v) is 14.4. The van der Waals surface area contributed by atoms with E-state index in [1.807, 2.05) is 72.5 Å². The van der Waals surface area contributed by atoms with E-state index in [0.717, 1.165) is 5.56 Å². The van der Waals surface area contributed by atoms with Crippen molar-refractivity contribution in [1.29, 1.82) is 0 Å². The molecular weight excluding hydrogens is 557 g/mol. The van der Waals surface area contributed by atoms with Gasteiger partial charge < -0.3 is 10.4 Å². The number of aliphatic hydroxyl groups excluding tert-OH is 1. The number of carbonyl (C=O) groups is 1. The number of hydrogen-bond acceptors (Lipinski definition) is 5. The van der Waals surface area contributed by atoms with Gasteiger partial charge in [0.2, 0.25) is 0 Å². The quantitative estimate of drug-likeness (QED) is 0.289. The number of piperazine rings is 1. The molecule has 10 heteroatoms. The number of hydrogen-bond donors (Lipinski definition) is 2. The van der Waals surface area contributed by atoms with Crippen molar-refractivity contribution in [2.75, 3.05) is 32.7 Å². The zero-order valence-corrected chi connectivity index (χ0v) is 23.9. The molecule has 1 aromatic heterocycles. The van der Waals surface area contributed by atoms with Crippen LogP contribution in [0.2, 0.25) is 0 Å². The molecule has 226 valence electrons. The van der Waals surface area contributed by atoms with E-state index in [9.17, 15) is 27.9 Å². The van der Waals surface area contributed by atoms with Gasteiger partial charge in [-0.05, 0) is 30.2 Å². The molecule has 5 rings (SSSR count). The smallest absolute Gasteiger partial charge is 0.382 e. The lowest BCUT2D eigenvalue weighted by molar-refractivity contribution is -0.209. The molecule has 1 aliphatic rings. The average Bonchev–Trinajstić information content (AvgIpc) is 3.01. The number of aliphatic hydroxyl groups is 1. The van der Waals surface area contributed by atoms with E-state index in [4.69, 9.17) is 0 Å². The minimum absolute atomic E-state index is 0.232. The van der Waals surface area contributed by atoms with Gasteiger partial charge in [0.1, 0.15) is 0 Å². The number of halogens is 3. The molecule has 2 N–H and O–H groups in total. The molecule has 0 spiro atoms. The van der Waals surface area contributed by atoms with Crippen LogP contribution in [0.25, 0.3) is 16.5 Å². The maximum atomic E-state index is 14.2. The van der Waals surface area contributed by atoms with Crippen molar-refractivity contribution in [3.8, 4) is 5.69 Å². The summed E-state index contributed by atoms with van der Waals surface area (Å²) in [5.41, 5.74) is 2.24. The van der Waals surface area contributed by atoms with E-state index in [1.54, 1.807) is 33.7 Å². The number of aromatic nitrogens is 1. The number of β-amino-alcohol motifs (C(OH)–C–C–N with tert-alkyl or cyclic N) is 1. The molecule has 2 atom stereocenters. The van der Waals surface area contributed by atoms with Gasteiger partial charge in [-0.3, -0.25) is 24.0 Å². The first kappa shape index (κ1) is 30.5. The second-order valence-corrected chi connectivity index (χ2v) is 10.8. The summed E-state index contributed by atoms with van der Waals surface area (Å²) in [7, 11) is 0. The highest BCUT2D eigenvalue weighted by molar-refractivity contribution is 6.08. The number of nitrogens with one attached hydrogen (secondary N) is 1. The lowest BCUT2D eigenvalue weighted by Crippen LogP contribution is -2.50. The highest BCUT2D eigenvalue weighted by atomic mass is 19.4. The Kier molecular flexibility index (Phi) is 9.29. The molecular formula is C33H35F3N4O3. The molecule has 1 amide bonds. The Bertz CT molecular complexity index is 1600. The van der Waals surface area contributed by atoms with Gasteiger partial charge in [0, 0.05) is 55.7 Å². The van der Waals surface area contributed by atoms with Crippen LogP contribution in [-0.2, 0) is 6.54 Å². The summed E-state index contributed by atoms with van der Waals surface area (Å²) in [5.74, 6) is -0.307. The Hall–Kier alpha value is -3.99. The summed E-state index contributed by atoms with van der Waals surface area (Å²) in [4.78, 5) is 31.9. The Balaban J connectivity index is 1.55. The number of carbonyl (C=O) groups excluding carboxylic acids is 1. The van der Waals surface area contributed by atoms with Crippen LogP contribution in [0.3, 0.4) is 0 Å². The normalized spacial score (nSPS) is 16.2. The van der Waals surface area contributed by atoms with Crippen molar-refractivity contribution >= 4 is 16.7 Å². The summed E-state index contributed by atoms with van der Waals surface area (Å²) in [6, 6.07) is 25.7. The molecule has 1 saturated heterocycles.